The molecule has 0 unspecified atom stereocenters. The number of alkyl halides is 3. The van der Waals surface area contributed by atoms with Crippen molar-refractivity contribution in [3.63, 3.8) is 0 Å². The summed E-state index contributed by atoms with van der Waals surface area (Å²) >= 11 is 0. The summed E-state index contributed by atoms with van der Waals surface area (Å²) in [6, 6.07) is 0. The molecular weight excluding hydrogens is 257 g/mol. The van der Waals surface area contributed by atoms with Crippen molar-refractivity contribution in [3.8, 4) is 0 Å². The first-order chi connectivity index (χ1) is 7.31. The molecule has 1 aliphatic carbocycles. The zero-order chi connectivity index (χ0) is 12.2. The van der Waals surface area contributed by atoms with E-state index in [4.69, 9.17) is 5.73 Å². The standard InChI is InChI=1S/C10H17F3N2O.ClH/c11-10(12,13)6-8(16)15-7-9(14)4-2-1-3-5-9;/h1-7,14H2,(H,15,16);1H. The van der Waals surface area contributed by atoms with Crippen molar-refractivity contribution in [3.05, 3.63) is 0 Å². The number of hydrogen-bond donors (Lipinski definition) is 2. The predicted molar refractivity (Wildman–Crippen MR) is 60.9 cm³/mol. The van der Waals surface area contributed by atoms with Crippen LogP contribution in [0.25, 0.3) is 0 Å². The maximum Gasteiger partial charge on any atom is 0.397 e. The van der Waals surface area contributed by atoms with Crippen LogP contribution >= 0.6 is 12.4 Å². The monoisotopic (exact) mass is 274 g/mol. The molecule has 3 N–H and O–H groups in total. The maximum absolute atomic E-state index is 11.9. The Morgan fingerprint density at radius 1 is 1.24 bits per heavy atom. The minimum absolute atomic E-state index is 0. The Bertz CT molecular complexity index is 252. The fourth-order valence-corrected chi connectivity index (χ4v) is 1.95. The molecule has 0 atom stereocenters. The molecule has 1 aliphatic rings. The van der Waals surface area contributed by atoms with E-state index in [1.165, 1.54) is 0 Å². The van der Waals surface area contributed by atoms with Crippen molar-refractivity contribution >= 4 is 18.3 Å². The van der Waals surface area contributed by atoms with Gasteiger partial charge in [0.25, 0.3) is 0 Å². The van der Waals surface area contributed by atoms with E-state index in [-0.39, 0.29) is 19.0 Å². The molecule has 0 saturated heterocycles. The second-order valence-electron chi connectivity index (χ2n) is 4.49. The van der Waals surface area contributed by atoms with Gasteiger partial charge in [0.05, 0.1) is 0 Å². The molecule has 1 amide bonds. The third-order valence-corrected chi connectivity index (χ3v) is 2.85. The van der Waals surface area contributed by atoms with E-state index in [1.807, 2.05) is 0 Å². The molecule has 0 aromatic heterocycles. The second kappa shape index (κ2) is 6.44. The van der Waals surface area contributed by atoms with Crippen molar-refractivity contribution < 1.29 is 18.0 Å². The number of hydrogen-bond acceptors (Lipinski definition) is 2. The van der Waals surface area contributed by atoms with Gasteiger partial charge in [0.15, 0.2) is 0 Å². The van der Waals surface area contributed by atoms with Gasteiger partial charge in [-0.05, 0) is 12.8 Å². The van der Waals surface area contributed by atoms with E-state index in [0.717, 1.165) is 32.1 Å². The highest BCUT2D eigenvalue weighted by Gasteiger charge is 2.33. The van der Waals surface area contributed by atoms with E-state index in [1.54, 1.807) is 0 Å². The summed E-state index contributed by atoms with van der Waals surface area (Å²) in [5.41, 5.74) is 5.46. The quantitative estimate of drug-likeness (QED) is 0.828. The first-order valence-electron chi connectivity index (χ1n) is 5.43. The molecule has 102 valence electrons. The predicted octanol–water partition coefficient (Wildman–Crippen LogP) is 2.14. The van der Waals surface area contributed by atoms with Gasteiger partial charge in [0, 0.05) is 12.1 Å². The highest BCUT2D eigenvalue weighted by atomic mass is 35.5. The van der Waals surface area contributed by atoms with E-state index >= 15 is 0 Å². The maximum atomic E-state index is 11.9. The number of carbonyl (C=O) groups excluding carboxylic acids is 1. The lowest BCUT2D eigenvalue weighted by molar-refractivity contribution is -0.153. The normalized spacial score (nSPS) is 19.3. The van der Waals surface area contributed by atoms with E-state index in [0.29, 0.717) is 0 Å². The van der Waals surface area contributed by atoms with Crippen LogP contribution in [-0.2, 0) is 4.79 Å². The Morgan fingerprint density at radius 3 is 2.24 bits per heavy atom. The number of nitrogens with one attached hydrogen (secondary N) is 1. The molecular formula is C10H18ClF3N2O. The Labute approximate surface area is 105 Å². The van der Waals surface area contributed by atoms with Crippen LogP contribution in [0.5, 0.6) is 0 Å². The lowest BCUT2D eigenvalue weighted by Gasteiger charge is -2.33. The van der Waals surface area contributed by atoms with Crippen LogP contribution in [-0.4, -0.2) is 24.2 Å². The number of amides is 1. The molecule has 3 nitrogen and oxygen atoms in total. The molecule has 1 fully saturated rings. The fraction of sp³-hybridized carbons (Fsp3) is 0.900. The summed E-state index contributed by atoms with van der Waals surface area (Å²) in [5.74, 6) is -0.997. The average Bonchev–Trinajstić information content (AvgIpc) is 2.14. The first kappa shape index (κ1) is 16.5. The van der Waals surface area contributed by atoms with Gasteiger partial charge in [-0.3, -0.25) is 4.79 Å². The minimum atomic E-state index is -4.45. The summed E-state index contributed by atoms with van der Waals surface area (Å²) in [7, 11) is 0. The SMILES string of the molecule is Cl.NC1(CNC(=O)CC(F)(F)F)CCCCC1. The summed E-state index contributed by atoms with van der Waals surface area (Å²) in [6.07, 6.45) is -1.28. The lowest BCUT2D eigenvalue weighted by Crippen LogP contribution is -2.51. The van der Waals surface area contributed by atoms with Crippen LogP contribution in [0.15, 0.2) is 0 Å². The summed E-state index contributed by atoms with van der Waals surface area (Å²) in [4.78, 5) is 11.0. The van der Waals surface area contributed by atoms with E-state index < -0.39 is 24.0 Å². The van der Waals surface area contributed by atoms with Crippen LogP contribution in [0.2, 0.25) is 0 Å². The Balaban J connectivity index is 0.00000256. The van der Waals surface area contributed by atoms with Gasteiger partial charge in [0.2, 0.25) is 5.91 Å². The highest BCUT2D eigenvalue weighted by Crippen LogP contribution is 2.25. The molecule has 1 saturated carbocycles. The van der Waals surface area contributed by atoms with Gasteiger partial charge in [-0.25, -0.2) is 0 Å². The number of nitrogens with two attached hydrogens (primary N) is 1. The average molecular weight is 275 g/mol. The Hall–Kier alpha value is -0.490. The second-order valence-corrected chi connectivity index (χ2v) is 4.49. The molecule has 0 aromatic carbocycles. The molecule has 0 aromatic rings. The summed E-state index contributed by atoms with van der Waals surface area (Å²) in [6.45, 7) is 0.141. The van der Waals surface area contributed by atoms with Crippen molar-refractivity contribution in [1.29, 1.82) is 0 Å². The molecule has 0 bridgehead atoms. The molecule has 0 radical (unpaired) electrons. The topological polar surface area (TPSA) is 55.1 Å². The van der Waals surface area contributed by atoms with Crippen LogP contribution < -0.4 is 11.1 Å². The van der Waals surface area contributed by atoms with Gasteiger partial charge in [0.1, 0.15) is 6.42 Å². The van der Waals surface area contributed by atoms with Gasteiger partial charge in [-0.1, -0.05) is 19.3 Å². The molecule has 1 rings (SSSR count). The first-order valence-corrected chi connectivity index (χ1v) is 5.43. The third-order valence-electron chi connectivity index (χ3n) is 2.85. The lowest BCUT2D eigenvalue weighted by atomic mass is 9.82. The van der Waals surface area contributed by atoms with E-state index in [9.17, 15) is 18.0 Å². The summed E-state index contributed by atoms with van der Waals surface area (Å²) < 4.78 is 35.6. The zero-order valence-corrected chi connectivity index (χ0v) is 10.3. The highest BCUT2D eigenvalue weighted by molar-refractivity contribution is 5.85. The van der Waals surface area contributed by atoms with Crippen molar-refractivity contribution in [1.82, 2.24) is 5.32 Å². The fourth-order valence-electron chi connectivity index (χ4n) is 1.95. The van der Waals surface area contributed by atoms with Gasteiger partial charge < -0.3 is 11.1 Å². The van der Waals surface area contributed by atoms with Crippen molar-refractivity contribution in [2.45, 2.75) is 50.2 Å². The van der Waals surface area contributed by atoms with Crippen molar-refractivity contribution in [2.75, 3.05) is 6.54 Å². The summed E-state index contributed by atoms with van der Waals surface area (Å²) in [5, 5.41) is 2.27. The Kier molecular flexibility index (Phi) is 6.26. The largest absolute Gasteiger partial charge is 0.397 e. The number of halogens is 4. The molecule has 17 heavy (non-hydrogen) atoms. The van der Waals surface area contributed by atoms with E-state index in [2.05, 4.69) is 5.32 Å². The number of rotatable bonds is 3. The van der Waals surface area contributed by atoms with Gasteiger partial charge >= 0.3 is 6.18 Å². The van der Waals surface area contributed by atoms with Crippen molar-refractivity contribution in [2.24, 2.45) is 5.73 Å². The molecule has 7 heteroatoms. The van der Waals surface area contributed by atoms with Crippen LogP contribution in [0.1, 0.15) is 38.5 Å². The van der Waals surface area contributed by atoms with Crippen LogP contribution in [0.3, 0.4) is 0 Å². The van der Waals surface area contributed by atoms with Gasteiger partial charge in [-0.2, -0.15) is 13.2 Å². The third kappa shape index (κ3) is 6.73. The molecule has 0 aliphatic heterocycles. The van der Waals surface area contributed by atoms with Gasteiger partial charge in [-0.15, -0.1) is 12.4 Å². The zero-order valence-electron chi connectivity index (χ0n) is 9.48. The van der Waals surface area contributed by atoms with Crippen LogP contribution in [0.4, 0.5) is 13.2 Å². The van der Waals surface area contributed by atoms with Crippen LogP contribution in [0, 0.1) is 0 Å². The number of carbonyl (C=O) groups is 1. The Morgan fingerprint density at radius 2 is 1.76 bits per heavy atom. The molecule has 0 spiro atoms. The molecule has 0 heterocycles. The minimum Gasteiger partial charge on any atom is -0.354 e. The smallest absolute Gasteiger partial charge is 0.354 e.